The summed E-state index contributed by atoms with van der Waals surface area (Å²) >= 11 is 0. The van der Waals surface area contributed by atoms with E-state index in [-0.39, 0.29) is 11.3 Å². The highest BCUT2D eigenvalue weighted by Gasteiger charge is 2.19. The van der Waals surface area contributed by atoms with E-state index in [2.05, 4.69) is 0 Å². The fraction of sp³-hybridized carbons (Fsp3) is 0.125. The number of hydrogen-bond donors (Lipinski definition) is 4. The monoisotopic (exact) mass is 182 g/mol. The van der Waals surface area contributed by atoms with Crippen LogP contribution in [-0.2, 0) is 4.79 Å². The third kappa shape index (κ3) is 1.95. The second kappa shape index (κ2) is 3.88. The standard InChI is InChI=1S/C8H10N2O3/c9-8(12)7(10-13)5-3-1-2-4-6(5)11/h1-4,7,10-11,13H,(H2,9,12). The van der Waals surface area contributed by atoms with Gasteiger partial charge < -0.3 is 16.0 Å². The van der Waals surface area contributed by atoms with Gasteiger partial charge in [-0.3, -0.25) is 4.79 Å². The molecular formula is C8H10N2O3. The van der Waals surface area contributed by atoms with Crippen molar-refractivity contribution in [1.82, 2.24) is 5.48 Å². The van der Waals surface area contributed by atoms with Gasteiger partial charge in [0.1, 0.15) is 11.8 Å². The van der Waals surface area contributed by atoms with Crippen LogP contribution in [0.15, 0.2) is 24.3 Å². The van der Waals surface area contributed by atoms with Gasteiger partial charge in [-0.2, -0.15) is 5.48 Å². The second-order valence-corrected chi connectivity index (χ2v) is 2.52. The Morgan fingerprint density at radius 3 is 2.54 bits per heavy atom. The fourth-order valence-electron chi connectivity index (χ4n) is 1.02. The maximum atomic E-state index is 10.8. The largest absolute Gasteiger partial charge is 0.508 e. The van der Waals surface area contributed by atoms with Crippen molar-refractivity contribution < 1.29 is 15.1 Å². The van der Waals surface area contributed by atoms with Crippen LogP contribution in [0.2, 0.25) is 0 Å². The van der Waals surface area contributed by atoms with Crippen LogP contribution in [0.3, 0.4) is 0 Å². The first-order valence-electron chi connectivity index (χ1n) is 3.63. The van der Waals surface area contributed by atoms with Gasteiger partial charge in [0, 0.05) is 5.56 Å². The third-order valence-electron chi connectivity index (χ3n) is 1.66. The zero-order valence-corrected chi connectivity index (χ0v) is 6.77. The summed E-state index contributed by atoms with van der Waals surface area (Å²) in [4.78, 5) is 10.8. The number of aromatic hydroxyl groups is 1. The number of hydrogen-bond acceptors (Lipinski definition) is 4. The molecule has 0 aliphatic rings. The number of hydroxylamine groups is 1. The van der Waals surface area contributed by atoms with E-state index in [1.165, 1.54) is 12.1 Å². The average molecular weight is 182 g/mol. The molecule has 0 heterocycles. The molecule has 1 unspecified atom stereocenters. The summed E-state index contributed by atoms with van der Waals surface area (Å²) in [5, 5.41) is 17.9. The first kappa shape index (κ1) is 9.50. The molecule has 1 atom stereocenters. The quantitative estimate of drug-likeness (QED) is 0.491. The first-order chi connectivity index (χ1) is 6.16. The SMILES string of the molecule is NC(=O)C(NO)c1ccccc1O. The van der Waals surface area contributed by atoms with Gasteiger partial charge >= 0.3 is 0 Å². The molecule has 0 saturated carbocycles. The number of phenolic OH excluding ortho intramolecular Hbond substituents is 1. The molecule has 0 radical (unpaired) electrons. The van der Waals surface area contributed by atoms with Crippen molar-refractivity contribution in [2.24, 2.45) is 5.73 Å². The van der Waals surface area contributed by atoms with Crippen LogP contribution >= 0.6 is 0 Å². The Bertz CT molecular complexity index is 314. The number of nitrogens with two attached hydrogens (primary N) is 1. The van der Waals surface area contributed by atoms with Crippen LogP contribution in [0.5, 0.6) is 5.75 Å². The van der Waals surface area contributed by atoms with Crippen molar-refractivity contribution in [1.29, 1.82) is 0 Å². The number of nitrogens with one attached hydrogen (secondary N) is 1. The van der Waals surface area contributed by atoms with E-state index in [9.17, 15) is 9.90 Å². The molecule has 0 spiro atoms. The minimum absolute atomic E-state index is 0.0900. The highest BCUT2D eigenvalue weighted by Crippen LogP contribution is 2.22. The Morgan fingerprint density at radius 1 is 1.46 bits per heavy atom. The summed E-state index contributed by atoms with van der Waals surface area (Å²) in [5.41, 5.74) is 6.95. The lowest BCUT2D eigenvalue weighted by molar-refractivity contribution is -0.122. The van der Waals surface area contributed by atoms with Crippen molar-refractivity contribution in [2.75, 3.05) is 0 Å². The molecular weight excluding hydrogens is 172 g/mol. The van der Waals surface area contributed by atoms with Crippen LogP contribution in [0, 0.1) is 0 Å². The van der Waals surface area contributed by atoms with Crippen LogP contribution in [-0.4, -0.2) is 16.2 Å². The van der Waals surface area contributed by atoms with E-state index in [4.69, 9.17) is 10.9 Å². The van der Waals surface area contributed by atoms with Crippen molar-refractivity contribution in [3.05, 3.63) is 29.8 Å². The summed E-state index contributed by atoms with van der Waals surface area (Å²) in [5.74, 6) is -0.850. The van der Waals surface area contributed by atoms with E-state index in [1.54, 1.807) is 17.6 Å². The third-order valence-corrected chi connectivity index (χ3v) is 1.66. The van der Waals surface area contributed by atoms with Crippen LogP contribution < -0.4 is 11.2 Å². The van der Waals surface area contributed by atoms with Gasteiger partial charge in [-0.25, -0.2) is 0 Å². The molecule has 1 amide bonds. The van der Waals surface area contributed by atoms with Gasteiger partial charge in [0.15, 0.2) is 0 Å². The molecule has 13 heavy (non-hydrogen) atoms. The van der Waals surface area contributed by atoms with E-state index in [1.807, 2.05) is 0 Å². The highest BCUT2D eigenvalue weighted by molar-refractivity contribution is 5.82. The van der Waals surface area contributed by atoms with Crippen molar-refractivity contribution >= 4 is 5.91 Å². The lowest BCUT2D eigenvalue weighted by atomic mass is 10.1. The van der Waals surface area contributed by atoms with Gasteiger partial charge in [-0.1, -0.05) is 18.2 Å². The summed E-state index contributed by atoms with van der Waals surface area (Å²) < 4.78 is 0. The molecule has 5 N–H and O–H groups in total. The Morgan fingerprint density at radius 2 is 2.08 bits per heavy atom. The molecule has 0 bridgehead atoms. The lowest BCUT2D eigenvalue weighted by Crippen LogP contribution is -2.31. The number of phenols is 1. The molecule has 1 aromatic carbocycles. The van der Waals surface area contributed by atoms with Crippen LogP contribution in [0.4, 0.5) is 0 Å². The number of benzene rings is 1. The van der Waals surface area contributed by atoms with Crippen LogP contribution in [0.25, 0.3) is 0 Å². The summed E-state index contributed by atoms with van der Waals surface area (Å²) in [6, 6.07) is 5.05. The summed E-state index contributed by atoms with van der Waals surface area (Å²) in [7, 11) is 0. The van der Waals surface area contributed by atoms with Gasteiger partial charge in [0.25, 0.3) is 0 Å². The summed E-state index contributed by atoms with van der Waals surface area (Å²) in [6.45, 7) is 0. The number of carbonyl (C=O) groups excluding carboxylic acids is 1. The maximum Gasteiger partial charge on any atom is 0.241 e. The topological polar surface area (TPSA) is 95.6 Å². The van der Waals surface area contributed by atoms with Crippen molar-refractivity contribution in [3.63, 3.8) is 0 Å². The Balaban J connectivity index is 3.04. The predicted octanol–water partition coefficient (Wildman–Crippen LogP) is -0.103. The minimum atomic E-state index is -1.08. The highest BCUT2D eigenvalue weighted by atomic mass is 16.5. The molecule has 70 valence electrons. The van der Waals surface area contributed by atoms with E-state index in [0.29, 0.717) is 0 Å². The normalized spacial score (nSPS) is 12.4. The molecule has 5 nitrogen and oxygen atoms in total. The number of carbonyl (C=O) groups is 1. The molecule has 5 heteroatoms. The first-order valence-corrected chi connectivity index (χ1v) is 3.63. The van der Waals surface area contributed by atoms with Crippen molar-refractivity contribution in [2.45, 2.75) is 6.04 Å². The molecule has 0 aromatic heterocycles. The molecule has 0 fully saturated rings. The molecule has 0 aliphatic heterocycles. The number of amides is 1. The number of primary amides is 1. The molecule has 1 aromatic rings. The van der Waals surface area contributed by atoms with Gasteiger partial charge in [-0.05, 0) is 6.07 Å². The Labute approximate surface area is 74.8 Å². The summed E-state index contributed by atoms with van der Waals surface area (Å²) in [6.07, 6.45) is 0. The number of para-hydroxylation sites is 1. The lowest BCUT2D eigenvalue weighted by Gasteiger charge is -2.12. The number of rotatable bonds is 3. The predicted molar refractivity (Wildman–Crippen MR) is 45.0 cm³/mol. The fourth-order valence-corrected chi connectivity index (χ4v) is 1.02. The van der Waals surface area contributed by atoms with E-state index in [0.717, 1.165) is 0 Å². The van der Waals surface area contributed by atoms with E-state index >= 15 is 0 Å². The molecule has 0 saturated heterocycles. The minimum Gasteiger partial charge on any atom is -0.508 e. The van der Waals surface area contributed by atoms with Gasteiger partial charge in [0.2, 0.25) is 5.91 Å². The molecule has 0 aliphatic carbocycles. The zero-order chi connectivity index (χ0) is 9.84. The Hall–Kier alpha value is -1.59. The van der Waals surface area contributed by atoms with Gasteiger partial charge in [-0.15, -0.1) is 0 Å². The van der Waals surface area contributed by atoms with Crippen LogP contribution in [0.1, 0.15) is 11.6 Å². The zero-order valence-electron chi connectivity index (χ0n) is 6.77. The smallest absolute Gasteiger partial charge is 0.241 e. The maximum absolute atomic E-state index is 10.8. The average Bonchev–Trinajstić information content (AvgIpc) is 2.09. The van der Waals surface area contributed by atoms with E-state index < -0.39 is 11.9 Å². The second-order valence-electron chi connectivity index (χ2n) is 2.52. The van der Waals surface area contributed by atoms with Crippen molar-refractivity contribution in [3.8, 4) is 5.75 Å². The van der Waals surface area contributed by atoms with Gasteiger partial charge in [0.05, 0.1) is 0 Å². The Kier molecular flexibility index (Phi) is 2.84. The molecule has 1 rings (SSSR count).